The van der Waals surface area contributed by atoms with Crippen LogP contribution in [0.1, 0.15) is 79.1 Å². The summed E-state index contributed by atoms with van der Waals surface area (Å²) in [5.41, 5.74) is -0.389. The summed E-state index contributed by atoms with van der Waals surface area (Å²) in [7, 11) is 0. The van der Waals surface area contributed by atoms with Crippen LogP contribution in [-0.4, -0.2) is 210 Å². The van der Waals surface area contributed by atoms with Crippen LogP contribution in [0, 0.1) is 52.3 Å². The maximum atomic E-state index is 12.2. The average molecular weight is 935 g/mol. The third kappa shape index (κ3) is 7.98. The molecule has 9 fully saturated rings. The molecule has 0 aromatic heterocycles. The molecule has 5 saturated heterocycles. The van der Waals surface area contributed by atoms with Crippen LogP contribution in [0.15, 0.2) is 0 Å². The molecular weight excluding hydrogens is 860 g/mol. The summed E-state index contributed by atoms with van der Waals surface area (Å²) in [5, 5.41) is 130. The minimum Gasteiger partial charge on any atom is -0.394 e. The van der Waals surface area contributed by atoms with Gasteiger partial charge in [0.2, 0.25) is 0 Å². The number of aliphatic hydroxyl groups excluding tert-OH is 12. The SMILES string of the molecule is C[C@H]1CC[C@]2(OC1)O[C@H]1[C@H](O)[C@@H]3[C@H]4CC[C@@H]5C[C@H](O[C@H]6O[C@@H](CO)[C@H](O[C@H]7O[C@@H](CO)[C@H](O)[C@@H](O)[C@@H]7O[C@H]7O[C@@H](CO)[C@H](O)[C@@H](O)[C@@H]7O)[C@@H](O)[C@@H]6O)[C@@H](O)C[C@@]5(C)[C@@H]4CC[C@@]3(C)[C@@H]1[C@@H]2C. The molecule has 29 atom stereocenters. The lowest BCUT2D eigenvalue weighted by Crippen LogP contribution is -2.67. The van der Waals surface area contributed by atoms with Crippen LogP contribution in [-0.2, 0) is 37.9 Å². The topological polar surface area (TPSA) is 317 Å². The van der Waals surface area contributed by atoms with Gasteiger partial charge in [-0.15, -0.1) is 0 Å². The van der Waals surface area contributed by atoms with Crippen LogP contribution in [0.4, 0.5) is 0 Å². The highest BCUT2D eigenvalue weighted by Crippen LogP contribution is 2.71. The van der Waals surface area contributed by atoms with Crippen molar-refractivity contribution in [2.75, 3.05) is 26.4 Å². The first-order chi connectivity index (χ1) is 30.8. The molecule has 0 amide bonds. The Labute approximate surface area is 378 Å². The Hall–Kier alpha value is -0.800. The van der Waals surface area contributed by atoms with E-state index in [2.05, 4.69) is 27.7 Å². The third-order valence-electron chi connectivity index (χ3n) is 18.3. The van der Waals surface area contributed by atoms with E-state index in [1.807, 2.05) is 0 Å². The number of hydrogen-bond acceptors (Lipinski definition) is 20. The van der Waals surface area contributed by atoms with E-state index in [0.29, 0.717) is 25.4 Å². The zero-order valence-corrected chi connectivity index (χ0v) is 37.6. The largest absolute Gasteiger partial charge is 0.394 e. The van der Waals surface area contributed by atoms with Crippen LogP contribution >= 0.6 is 0 Å². The summed E-state index contributed by atoms with van der Waals surface area (Å²) in [6.45, 7) is 7.35. The first-order valence-corrected chi connectivity index (χ1v) is 24.0. The van der Waals surface area contributed by atoms with Crippen molar-refractivity contribution in [1.29, 1.82) is 0 Å². The van der Waals surface area contributed by atoms with Crippen molar-refractivity contribution < 1.29 is 99.2 Å². The van der Waals surface area contributed by atoms with Gasteiger partial charge in [-0.3, -0.25) is 0 Å². The molecule has 9 rings (SSSR count). The smallest absolute Gasteiger partial charge is 0.187 e. The van der Waals surface area contributed by atoms with Crippen molar-refractivity contribution in [2.24, 2.45) is 52.3 Å². The first kappa shape index (κ1) is 49.2. The molecule has 9 aliphatic rings. The fourth-order valence-electron chi connectivity index (χ4n) is 14.8. The van der Waals surface area contributed by atoms with Crippen molar-refractivity contribution in [3.05, 3.63) is 0 Å². The summed E-state index contributed by atoms with van der Waals surface area (Å²) in [4.78, 5) is 0. The van der Waals surface area contributed by atoms with Crippen molar-refractivity contribution >= 4 is 0 Å². The molecule has 1 spiro atoms. The lowest BCUT2D eigenvalue weighted by Gasteiger charge is -2.62. The quantitative estimate of drug-likeness (QED) is 0.104. The van der Waals surface area contributed by atoms with E-state index < -0.39 is 136 Å². The highest BCUT2D eigenvalue weighted by molar-refractivity contribution is 5.19. The summed E-state index contributed by atoms with van der Waals surface area (Å²) < 4.78 is 48.5. The Balaban J connectivity index is 0.857. The average Bonchev–Trinajstić information content (AvgIpc) is 3.69. The normalized spacial score (nSPS) is 59.1. The van der Waals surface area contributed by atoms with Crippen molar-refractivity contribution in [2.45, 2.75) is 201 Å². The zero-order chi connectivity index (χ0) is 46.7. The summed E-state index contributed by atoms with van der Waals surface area (Å²) in [6, 6.07) is 0. The lowest BCUT2D eigenvalue weighted by molar-refractivity contribution is -0.391. The van der Waals surface area contributed by atoms with Gasteiger partial charge in [0, 0.05) is 18.3 Å². The molecule has 0 aromatic rings. The van der Waals surface area contributed by atoms with Gasteiger partial charge >= 0.3 is 0 Å². The Morgan fingerprint density at radius 2 is 1.17 bits per heavy atom. The van der Waals surface area contributed by atoms with E-state index in [9.17, 15) is 61.3 Å². The monoisotopic (exact) mass is 934 g/mol. The second-order valence-corrected chi connectivity index (χ2v) is 21.8. The number of ether oxygens (including phenoxy) is 8. The van der Waals surface area contributed by atoms with E-state index >= 15 is 0 Å². The van der Waals surface area contributed by atoms with Crippen LogP contribution in [0.5, 0.6) is 0 Å². The highest BCUT2D eigenvalue weighted by atomic mass is 16.8. The molecule has 5 aliphatic heterocycles. The molecule has 374 valence electrons. The van der Waals surface area contributed by atoms with Gasteiger partial charge in [0.05, 0.1) is 50.8 Å². The van der Waals surface area contributed by atoms with Gasteiger partial charge in [0.1, 0.15) is 73.2 Å². The standard InChI is InChI=1S/C45H74O20/c1-17-7-10-45(58-16-17)18(2)27-38(65-45)31(52)28-20-6-5-19-11-23(22(49)12-44(19,4)21(20)8-9-43(27,28)3)59-40-36(57)34(55)37(26(15-48)62-40)63-42-39(33(54)30(51)25(14-47)61-42)64-41-35(56)32(53)29(50)24(13-46)60-41/h17-42,46-57H,5-16H2,1-4H3/t17-,18-,19+,20-,21+,22-,23-,24-,25-,26-,27+,28-,29-,30-,31+,32+,33+,34-,35-,36-,37-,38+,39-,40-,41+,42+,43-,44+,45-/m0/s1. The van der Waals surface area contributed by atoms with Gasteiger partial charge in [-0.25, -0.2) is 0 Å². The number of rotatable bonds is 9. The molecule has 0 aromatic carbocycles. The predicted octanol–water partition coefficient (Wildman–Crippen LogP) is -2.79. The van der Waals surface area contributed by atoms with Gasteiger partial charge in [-0.2, -0.15) is 0 Å². The van der Waals surface area contributed by atoms with E-state index in [1.165, 1.54) is 0 Å². The van der Waals surface area contributed by atoms with Gasteiger partial charge in [-0.05, 0) is 85.4 Å². The molecule has 65 heavy (non-hydrogen) atoms. The van der Waals surface area contributed by atoms with E-state index in [0.717, 1.165) is 38.5 Å². The molecule has 12 N–H and O–H groups in total. The Morgan fingerprint density at radius 1 is 0.569 bits per heavy atom. The third-order valence-corrected chi connectivity index (χ3v) is 18.3. The van der Waals surface area contributed by atoms with Crippen molar-refractivity contribution in [3.63, 3.8) is 0 Å². The maximum absolute atomic E-state index is 12.2. The number of aliphatic hydroxyl groups is 12. The molecule has 0 radical (unpaired) electrons. The fraction of sp³-hybridized carbons (Fsp3) is 1.00. The Bertz CT molecular complexity index is 1630. The van der Waals surface area contributed by atoms with Gasteiger partial charge in [0.25, 0.3) is 0 Å². The number of hydrogen-bond donors (Lipinski definition) is 12. The highest BCUT2D eigenvalue weighted by Gasteiger charge is 2.72. The second-order valence-electron chi connectivity index (χ2n) is 21.8. The summed E-state index contributed by atoms with van der Waals surface area (Å²) >= 11 is 0. The van der Waals surface area contributed by atoms with Crippen molar-refractivity contribution in [3.8, 4) is 0 Å². The Kier molecular flexibility index (Phi) is 13.9. The van der Waals surface area contributed by atoms with Crippen LogP contribution in [0.2, 0.25) is 0 Å². The molecule has 0 bridgehead atoms. The fourth-order valence-corrected chi connectivity index (χ4v) is 14.8. The van der Waals surface area contributed by atoms with Crippen LogP contribution in [0.3, 0.4) is 0 Å². The van der Waals surface area contributed by atoms with Gasteiger partial charge in [-0.1, -0.05) is 27.7 Å². The molecule has 5 heterocycles. The first-order valence-electron chi connectivity index (χ1n) is 24.0. The van der Waals surface area contributed by atoms with Gasteiger partial charge in [0.15, 0.2) is 24.7 Å². The van der Waals surface area contributed by atoms with Gasteiger partial charge < -0.3 is 99.2 Å². The van der Waals surface area contributed by atoms with E-state index in [-0.39, 0.29) is 52.4 Å². The predicted molar refractivity (Wildman–Crippen MR) is 218 cm³/mol. The van der Waals surface area contributed by atoms with E-state index in [1.54, 1.807) is 0 Å². The van der Waals surface area contributed by atoms with Crippen LogP contribution < -0.4 is 0 Å². The molecule has 4 aliphatic carbocycles. The van der Waals surface area contributed by atoms with E-state index in [4.69, 9.17) is 37.9 Å². The minimum atomic E-state index is -1.92. The molecule has 20 heteroatoms. The summed E-state index contributed by atoms with van der Waals surface area (Å²) in [6.07, 6.45) is -22.0. The lowest BCUT2D eigenvalue weighted by atomic mass is 9.44. The molecule has 4 saturated carbocycles. The zero-order valence-electron chi connectivity index (χ0n) is 37.6. The molecule has 20 nitrogen and oxygen atoms in total. The molecule has 0 unspecified atom stereocenters. The summed E-state index contributed by atoms with van der Waals surface area (Å²) in [5.74, 6) is 0.853. The second kappa shape index (κ2) is 18.4. The minimum absolute atomic E-state index is 0.0525. The maximum Gasteiger partial charge on any atom is 0.187 e. The number of fused-ring (bicyclic) bond motifs is 7. The Morgan fingerprint density at radius 3 is 1.83 bits per heavy atom. The molecular formula is C45H74O20. The van der Waals surface area contributed by atoms with Crippen LogP contribution in [0.25, 0.3) is 0 Å². The van der Waals surface area contributed by atoms with Crippen molar-refractivity contribution in [1.82, 2.24) is 0 Å².